The number of aliphatic hydroxyl groups is 1. The Labute approximate surface area is 137 Å². The third kappa shape index (κ3) is 17.9. The highest BCUT2D eigenvalue weighted by atomic mass is 32.2. The highest BCUT2D eigenvalue weighted by molar-refractivity contribution is 7.85. The van der Waals surface area contributed by atoms with Gasteiger partial charge in [0.15, 0.2) is 0 Å². The minimum absolute atomic E-state index is 0.0918. The summed E-state index contributed by atoms with van der Waals surface area (Å²) >= 11 is 0. The van der Waals surface area contributed by atoms with Crippen LogP contribution in [0, 0.1) is 0 Å². The van der Waals surface area contributed by atoms with Gasteiger partial charge in [0.1, 0.15) is 0 Å². The lowest BCUT2D eigenvalue weighted by molar-refractivity contribution is 0.150. The molecule has 1 unspecified atom stereocenters. The third-order valence-electron chi connectivity index (χ3n) is 4.06. The van der Waals surface area contributed by atoms with Crippen molar-refractivity contribution < 1.29 is 18.1 Å². The minimum atomic E-state index is -3.76. The molecular weight excluding hydrogens is 300 g/mol. The largest absolute Gasteiger partial charge is 0.393 e. The van der Waals surface area contributed by atoms with Crippen LogP contribution in [0.4, 0.5) is 0 Å². The molecule has 1 atom stereocenters. The van der Waals surface area contributed by atoms with Crippen molar-refractivity contribution in [2.45, 2.75) is 103 Å². The summed E-state index contributed by atoms with van der Waals surface area (Å²) in [4.78, 5) is 0. The minimum Gasteiger partial charge on any atom is -0.393 e. The smallest absolute Gasteiger partial charge is 0.264 e. The van der Waals surface area contributed by atoms with E-state index in [0.717, 1.165) is 44.9 Å². The van der Waals surface area contributed by atoms with Gasteiger partial charge in [-0.2, -0.15) is 8.42 Å². The van der Waals surface area contributed by atoms with Crippen LogP contribution in [-0.2, 0) is 10.1 Å². The van der Waals surface area contributed by atoms with Gasteiger partial charge in [-0.05, 0) is 19.3 Å². The molecule has 0 amide bonds. The summed E-state index contributed by atoms with van der Waals surface area (Å²) in [7, 11) is -3.76. The molecule has 0 bridgehead atoms. The zero-order chi connectivity index (χ0) is 16.7. The van der Waals surface area contributed by atoms with Gasteiger partial charge in [-0.25, -0.2) is 0 Å². The van der Waals surface area contributed by atoms with Gasteiger partial charge in [-0.1, -0.05) is 77.6 Å². The van der Waals surface area contributed by atoms with E-state index < -0.39 is 10.1 Å². The van der Waals surface area contributed by atoms with E-state index in [9.17, 15) is 13.5 Å². The Hall–Kier alpha value is -0.130. The van der Waals surface area contributed by atoms with Crippen molar-refractivity contribution in [1.29, 1.82) is 0 Å². The normalized spacial score (nSPS) is 13.4. The van der Waals surface area contributed by atoms with Crippen LogP contribution in [0.25, 0.3) is 0 Å². The van der Waals surface area contributed by atoms with Crippen LogP contribution in [0.5, 0.6) is 0 Å². The molecule has 0 fully saturated rings. The Balaban J connectivity index is 3.11. The van der Waals surface area contributed by atoms with Crippen LogP contribution in [0.3, 0.4) is 0 Å². The second kappa shape index (κ2) is 14.5. The van der Waals surface area contributed by atoms with Crippen LogP contribution in [0.15, 0.2) is 0 Å². The molecule has 0 saturated carbocycles. The van der Waals surface area contributed by atoms with E-state index in [1.54, 1.807) is 0 Å². The van der Waals surface area contributed by atoms with Gasteiger partial charge in [0.05, 0.1) is 11.9 Å². The third-order valence-corrected chi connectivity index (χ3v) is 4.87. The van der Waals surface area contributed by atoms with E-state index in [1.807, 2.05) is 0 Å². The first-order valence-electron chi connectivity index (χ1n) is 9.09. The monoisotopic (exact) mass is 336 g/mol. The molecule has 0 spiro atoms. The van der Waals surface area contributed by atoms with Crippen molar-refractivity contribution >= 4 is 10.1 Å². The Kier molecular flexibility index (Phi) is 14.4. The summed E-state index contributed by atoms with van der Waals surface area (Å²) < 4.78 is 29.6. The van der Waals surface area contributed by atoms with Crippen LogP contribution < -0.4 is 0 Å². The molecular formula is C17H36O4S. The summed E-state index contributed by atoms with van der Waals surface area (Å²) in [5, 5.41) is 9.61. The lowest BCUT2D eigenvalue weighted by Crippen LogP contribution is -2.04. The van der Waals surface area contributed by atoms with Gasteiger partial charge < -0.3 is 5.11 Å². The number of hydrogen-bond donors (Lipinski definition) is 2. The summed E-state index contributed by atoms with van der Waals surface area (Å²) in [6.07, 6.45) is 15.2. The van der Waals surface area contributed by atoms with E-state index in [-0.39, 0.29) is 11.9 Å². The van der Waals surface area contributed by atoms with Gasteiger partial charge in [0, 0.05) is 0 Å². The summed E-state index contributed by atoms with van der Waals surface area (Å²) in [5.41, 5.74) is 0. The predicted molar refractivity (Wildman–Crippen MR) is 92.7 cm³/mol. The van der Waals surface area contributed by atoms with Gasteiger partial charge >= 0.3 is 0 Å². The Morgan fingerprint density at radius 2 is 1.14 bits per heavy atom. The van der Waals surface area contributed by atoms with Crippen LogP contribution in [0.1, 0.15) is 96.8 Å². The molecule has 0 aliphatic heterocycles. The van der Waals surface area contributed by atoms with Crippen molar-refractivity contribution in [3.8, 4) is 0 Å². The highest BCUT2D eigenvalue weighted by Crippen LogP contribution is 2.13. The number of aliphatic hydroxyl groups excluding tert-OH is 1. The molecule has 0 aromatic heterocycles. The molecule has 4 nitrogen and oxygen atoms in total. The maximum absolute atomic E-state index is 10.5. The Morgan fingerprint density at radius 3 is 1.55 bits per heavy atom. The fourth-order valence-corrected chi connectivity index (χ4v) is 3.30. The molecule has 0 saturated heterocycles. The van der Waals surface area contributed by atoms with Crippen LogP contribution in [-0.4, -0.2) is 29.9 Å². The van der Waals surface area contributed by atoms with Gasteiger partial charge in [-0.3, -0.25) is 4.55 Å². The molecule has 0 aliphatic carbocycles. The van der Waals surface area contributed by atoms with E-state index >= 15 is 0 Å². The second-order valence-electron chi connectivity index (χ2n) is 6.41. The highest BCUT2D eigenvalue weighted by Gasteiger charge is 2.03. The van der Waals surface area contributed by atoms with E-state index in [4.69, 9.17) is 4.55 Å². The molecule has 0 aliphatic rings. The first-order valence-corrected chi connectivity index (χ1v) is 10.7. The average molecular weight is 337 g/mol. The second-order valence-corrected chi connectivity index (χ2v) is 7.98. The molecule has 2 N–H and O–H groups in total. The van der Waals surface area contributed by atoms with Crippen LogP contribution in [0.2, 0.25) is 0 Å². The Morgan fingerprint density at radius 1 is 0.727 bits per heavy atom. The van der Waals surface area contributed by atoms with Crippen molar-refractivity contribution in [2.75, 3.05) is 5.75 Å². The summed E-state index contributed by atoms with van der Waals surface area (Å²) in [6.45, 7) is 2.11. The molecule has 5 heteroatoms. The Bertz CT molecular complexity index is 328. The first-order chi connectivity index (χ1) is 10.5. The van der Waals surface area contributed by atoms with Crippen molar-refractivity contribution in [1.82, 2.24) is 0 Å². The maximum Gasteiger partial charge on any atom is 0.264 e. The number of unbranched alkanes of at least 4 members (excludes halogenated alkanes) is 10. The SMILES string of the molecule is CCCC(O)CCCCCCCCCCCCCS(=O)(=O)O. The van der Waals surface area contributed by atoms with Gasteiger partial charge in [0.2, 0.25) is 0 Å². The number of hydrogen-bond acceptors (Lipinski definition) is 3. The average Bonchev–Trinajstić information content (AvgIpc) is 2.43. The lowest BCUT2D eigenvalue weighted by Gasteiger charge is -2.08. The predicted octanol–water partition coefficient (Wildman–Crippen LogP) is 4.72. The molecule has 0 aromatic carbocycles. The van der Waals surface area contributed by atoms with E-state index in [2.05, 4.69) is 6.92 Å². The molecule has 0 heterocycles. The molecule has 134 valence electrons. The zero-order valence-electron chi connectivity index (χ0n) is 14.3. The quantitative estimate of drug-likeness (QED) is 0.316. The van der Waals surface area contributed by atoms with Gasteiger partial charge in [0.25, 0.3) is 10.1 Å². The van der Waals surface area contributed by atoms with Gasteiger partial charge in [-0.15, -0.1) is 0 Å². The molecule has 22 heavy (non-hydrogen) atoms. The molecule has 0 radical (unpaired) electrons. The standard InChI is InChI=1S/C17H36O4S/c1-2-14-17(18)15-12-10-8-6-4-3-5-7-9-11-13-16-22(19,20)21/h17-18H,2-16H2,1H3,(H,19,20,21). The zero-order valence-corrected chi connectivity index (χ0v) is 15.1. The molecule has 0 aromatic rings. The first kappa shape index (κ1) is 21.9. The van der Waals surface area contributed by atoms with E-state index in [1.165, 1.54) is 38.5 Å². The van der Waals surface area contributed by atoms with Crippen molar-refractivity contribution in [2.24, 2.45) is 0 Å². The topological polar surface area (TPSA) is 74.6 Å². The maximum atomic E-state index is 10.5. The number of rotatable bonds is 16. The van der Waals surface area contributed by atoms with Crippen molar-refractivity contribution in [3.63, 3.8) is 0 Å². The van der Waals surface area contributed by atoms with Crippen LogP contribution >= 0.6 is 0 Å². The summed E-state index contributed by atoms with van der Waals surface area (Å²) in [6, 6.07) is 0. The fourth-order valence-electron chi connectivity index (χ4n) is 2.73. The summed E-state index contributed by atoms with van der Waals surface area (Å²) in [5.74, 6) is -0.0973. The fraction of sp³-hybridized carbons (Fsp3) is 1.00. The lowest BCUT2D eigenvalue weighted by atomic mass is 10.0. The molecule has 0 rings (SSSR count). The van der Waals surface area contributed by atoms with Crippen molar-refractivity contribution in [3.05, 3.63) is 0 Å². The van der Waals surface area contributed by atoms with E-state index in [0.29, 0.717) is 6.42 Å².